The zero-order valence-electron chi connectivity index (χ0n) is 18.2. The van der Waals surface area contributed by atoms with Crippen LogP contribution in [0.5, 0.6) is 0 Å². The molecule has 0 atom stereocenters. The lowest BCUT2D eigenvalue weighted by Crippen LogP contribution is -2.42. The fourth-order valence-corrected chi connectivity index (χ4v) is 5.11. The van der Waals surface area contributed by atoms with Crippen LogP contribution in [-0.4, -0.2) is 30.6 Å². The summed E-state index contributed by atoms with van der Waals surface area (Å²) in [4.78, 5) is 5.13. The topological polar surface area (TPSA) is 30.3 Å². The Kier molecular flexibility index (Phi) is 6.55. The van der Waals surface area contributed by atoms with Crippen molar-refractivity contribution in [1.82, 2.24) is 4.90 Å². The van der Waals surface area contributed by atoms with E-state index in [1.807, 2.05) is 18.2 Å². The van der Waals surface area contributed by atoms with Crippen LogP contribution < -0.4 is 4.90 Å². The molecule has 30 heavy (non-hydrogen) atoms. The first-order valence-corrected chi connectivity index (χ1v) is 11.4. The molecule has 1 heterocycles. The van der Waals surface area contributed by atoms with Crippen LogP contribution in [0.3, 0.4) is 0 Å². The second-order valence-electron chi connectivity index (χ2n) is 9.00. The highest BCUT2D eigenvalue weighted by Gasteiger charge is 2.28. The maximum atomic E-state index is 9.15. The van der Waals surface area contributed by atoms with Crippen molar-refractivity contribution >= 4 is 5.69 Å². The molecule has 2 fully saturated rings. The number of rotatable bonds is 6. The fourth-order valence-electron chi connectivity index (χ4n) is 5.11. The number of nitriles is 1. The van der Waals surface area contributed by atoms with Crippen LogP contribution >= 0.6 is 0 Å². The first kappa shape index (κ1) is 20.7. The van der Waals surface area contributed by atoms with E-state index in [9.17, 15) is 0 Å². The molecule has 4 rings (SSSR count). The molecule has 0 bridgehead atoms. The normalized spacial score (nSPS) is 18.3. The third-order valence-corrected chi connectivity index (χ3v) is 6.90. The lowest BCUT2D eigenvalue weighted by atomic mass is 9.94. The Morgan fingerprint density at radius 1 is 1.03 bits per heavy atom. The Labute approximate surface area is 181 Å². The molecule has 2 aromatic rings. The third kappa shape index (κ3) is 4.77. The smallest absolute Gasteiger partial charge is 0.0991 e. The van der Waals surface area contributed by atoms with Gasteiger partial charge in [-0.15, -0.1) is 0 Å². The van der Waals surface area contributed by atoms with E-state index >= 15 is 0 Å². The van der Waals surface area contributed by atoms with Gasteiger partial charge < -0.3 is 9.80 Å². The zero-order chi connectivity index (χ0) is 20.9. The van der Waals surface area contributed by atoms with Gasteiger partial charge in [-0.05, 0) is 87.0 Å². The Hall–Kier alpha value is -2.57. The van der Waals surface area contributed by atoms with Crippen LogP contribution in [0, 0.1) is 17.2 Å². The number of piperidine rings is 1. The first-order valence-electron chi connectivity index (χ1n) is 11.4. The van der Waals surface area contributed by atoms with Crippen molar-refractivity contribution in [2.24, 2.45) is 5.92 Å². The summed E-state index contributed by atoms with van der Waals surface area (Å²) in [6.45, 7) is 9.93. The maximum Gasteiger partial charge on any atom is 0.0991 e. The largest absolute Gasteiger partial charge is 0.346 e. The molecule has 0 radical (unpaired) electrons. The molecule has 3 heteroatoms. The molecule has 0 unspecified atom stereocenters. The molecule has 0 spiro atoms. The number of hydrogen-bond acceptors (Lipinski definition) is 3. The number of benzene rings is 2. The molecular weight excluding hydrogens is 366 g/mol. The fraction of sp³-hybridized carbons (Fsp3) is 0.444. The predicted octanol–water partition coefficient (Wildman–Crippen LogP) is 6.22. The minimum Gasteiger partial charge on any atom is -0.346 e. The minimum atomic E-state index is 0.698. The maximum absolute atomic E-state index is 9.15. The van der Waals surface area contributed by atoms with Crippen LogP contribution in [-0.2, 0) is 0 Å². The SMILES string of the molecule is C=C(C)N(CC1CCN(C2CCCC2)CC1)c1ccc(-c2cccc(C#N)c2)cc1. The summed E-state index contributed by atoms with van der Waals surface area (Å²) in [5.41, 5.74) is 5.24. The molecule has 0 amide bonds. The second-order valence-corrected chi connectivity index (χ2v) is 9.00. The highest BCUT2D eigenvalue weighted by Crippen LogP contribution is 2.31. The van der Waals surface area contributed by atoms with Crippen molar-refractivity contribution < 1.29 is 0 Å². The standard InChI is InChI=1S/C27H33N3/c1-21(2)30(20-22-14-16-29(17-15-22)26-8-3-4-9-26)27-12-10-24(11-13-27)25-7-5-6-23(18-25)19-28/h5-7,10-13,18,22,26H,1,3-4,8-9,14-17,20H2,2H3. The molecule has 1 aliphatic carbocycles. The summed E-state index contributed by atoms with van der Waals surface area (Å²) in [5, 5.41) is 9.15. The Balaban J connectivity index is 1.40. The van der Waals surface area contributed by atoms with Crippen LogP contribution in [0.1, 0.15) is 51.0 Å². The summed E-state index contributed by atoms with van der Waals surface area (Å²) in [7, 11) is 0. The lowest BCUT2D eigenvalue weighted by molar-refractivity contribution is 0.136. The molecule has 0 N–H and O–H groups in total. The summed E-state index contributed by atoms with van der Waals surface area (Å²) >= 11 is 0. The highest BCUT2D eigenvalue weighted by molar-refractivity contribution is 5.68. The molecule has 156 valence electrons. The summed E-state index contributed by atoms with van der Waals surface area (Å²) < 4.78 is 0. The number of hydrogen-bond donors (Lipinski definition) is 0. The second kappa shape index (κ2) is 9.49. The molecule has 1 saturated carbocycles. The lowest BCUT2D eigenvalue weighted by Gasteiger charge is -2.38. The van der Waals surface area contributed by atoms with Gasteiger partial charge in [-0.2, -0.15) is 5.26 Å². The van der Waals surface area contributed by atoms with E-state index in [2.05, 4.69) is 59.7 Å². The van der Waals surface area contributed by atoms with Crippen molar-refractivity contribution in [3.8, 4) is 17.2 Å². The highest BCUT2D eigenvalue weighted by atomic mass is 15.2. The van der Waals surface area contributed by atoms with E-state index in [-0.39, 0.29) is 0 Å². The van der Waals surface area contributed by atoms with Gasteiger partial charge >= 0.3 is 0 Å². The van der Waals surface area contributed by atoms with Crippen LogP contribution in [0.2, 0.25) is 0 Å². The Morgan fingerprint density at radius 2 is 1.73 bits per heavy atom. The summed E-state index contributed by atoms with van der Waals surface area (Å²) in [6, 6.07) is 19.6. The van der Waals surface area contributed by atoms with Crippen LogP contribution in [0.25, 0.3) is 11.1 Å². The van der Waals surface area contributed by atoms with Gasteiger partial charge in [0.2, 0.25) is 0 Å². The summed E-state index contributed by atoms with van der Waals surface area (Å²) in [6.07, 6.45) is 8.24. The first-order chi connectivity index (χ1) is 14.6. The van der Waals surface area contributed by atoms with E-state index in [0.29, 0.717) is 5.56 Å². The van der Waals surface area contributed by atoms with Gasteiger partial charge in [0.1, 0.15) is 0 Å². The average molecular weight is 400 g/mol. The monoisotopic (exact) mass is 399 g/mol. The molecule has 3 nitrogen and oxygen atoms in total. The van der Waals surface area contributed by atoms with Gasteiger partial charge in [0.15, 0.2) is 0 Å². The van der Waals surface area contributed by atoms with E-state index in [1.54, 1.807) is 0 Å². The van der Waals surface area contributed by atoms with Crippen molar-refractivity contribution in [1.29, 1.82) is 5.26 Å². The number of anilines is 1. The number of likely N-dealkylation sites (tertiary alicyclic amines) is 1. The molecule has 2 aromatic carbocycles. The Bertz CT molecular complexity index is 894. The van der Waals surface area contributed by atoms with Crippen molar-refractivity contribution in [2.45, 2.75) is 51.5 Å². The van der Waals surface area contributed by atoms with E-state index < -0.39 is 0 Å². The molecule has 1 aliphatic heterocycles. The van der Waals surface area contributed by atoms with Crippen LogP contribution in [0.4, 0.5) is 5.69 Å². The van der Waals surface area contributed by atoms with Crippen molar-refractivity contribution in [3.05, 3.63) is 66.4 Å². The van der Waals surface area contributed by atoms with Gasteiger partial charge in [-0.1, -0.05) is 43.7 Å². The Morgan fingerprint density at radius 3 is 2.37 bits per heavy atom. The number of allylic oxidation sites excluding steroid dienone is 1. The average Bonchev–Trinajstić information content (AvgIpc) is 3.33. The molecule has 1 saturated heterocycles. The van der Waals surface area contributed by atoms with Crippen LogP contribution in [0.15, 0.2) is 60.8 Å². The van der Waals surface area contributed by atoms with Gasteiger partial charge in [0.25, 0.3) is 0 Å². The van der Waals surface area contributed by atoms with Gasteiger partial charge in [-0.25, -0.2) is 0 Å². The van der Waals surface area contributed by atoms with E-state index in [1.165, 1.54) is 57.3 Å². The third-order valence-electron chi connectivity index (χ3n) is 6.90. The van der Waals surface area contributed by atoms with Crippen molar-refractivity contribution in [2.75, 3.05) is 24.5 Å². The summed E-state index contributed by atoms with van der Waals surface area (Å²) in [5.74, 6) is 0.728. The molecule has 0 aromatic heterocycles. The van der Waals surface area contributed by atoms with Gasteiger partial charge in [0.05, 0.1) is 11.6 Å². The van der Waals surface area contributed by atoms with Crippen molar-refractivity contribution in [3.63, 3.8) is 0 Å². The van der Waals surface area contributed by atoms with Gasteiger partial charge in [-0.3, -0.25) is 0 Å². The molecule has 2 aliphatic rings. The number of nitrogens with zero attached hydrogens (tertiary/aromatic N) is 3. The predicted molar refractivity (Wildman–Crippen MR) is 125 cm³/mol. The zero-order valence-corrected chi connectivity index (χ0v) is 18.2. The van der Waals surface area contributed by atoms with E-state index in [0.717, 1.165) is 35.3 Å². The molecular formula is C27H33N3. The quantitative estimate of drug-likeness (QED) is 0.577. The van der Waals surface area contributed by atoms with E-state index in [4.69, 9.17) is 5.26 Å². The van der Waals surface area contributed by atoms with Gasteiger partial charge in [0, 0.05) is 24.0 Å². The minimum absolute atomic E-state index is 0.698.